The summed E-state index contributed by atoms with van der Waals surface area (Å²) < 4.78 is 0. The van der Waals surface area contributed by atoms with Crippen molar-refractivity contribution in [2.75, 3.05) is 35.3 Å². The van der Waals surface area contributed by atoms with Crippen molar-refractivity contribution in [2.45, 2.75) is 47.0 Å². The molecular formula is C27H36N6. The maximum Gasteiger partial charge on any atom is 0.158 e. The number of rotatable bonds is 11. The smallest absolute Gasteiger partial charge is 0.158 e. The number of nitrogens with zero attached hydrogens (tertiary/aromatic N) is 5. The highest BCUT2D eigenvalue weighted by Crippen LogP contribution is 2.33. The molecule has 1 aromatic carbocycles. The van der Waals surface area contributed by atoms with Gasteiger partial charge in [-0.3, -0.25) is 0 Å². The van der Waals surface area contributed by atoms with E-state index in [4.69, 9.17) is 4.98 Å². The van der Waals surface area contributed by atoms with Crippen LogP contribution in [0, 0.1) is 6.92 Å². The van der Waals surface area contributed by atoms with Crippen molar-refractivity contribution >= 4 is 17.3 Å². The first-order chi connectivity index (χ1) is 16.0. The molecule has 0 unspecified atom stereocenters. The molecule has 0 saturated carbocycles. The molecule has 3 aromatic rings. The van der Waals surface area contributed by atoms with Crippen molar-refractivity contribution in [3.63, 3.8) is 0 Å². The molecule has 0 aliphatic carbocycles. The van der Waals surface area contributed by atoms with Crippen LogP contribution in [0.15, 0.2) is 61.2 Å². The number of anilines is 3. The monoisotopic (exact) mass is 444 g/mol. The van der Waals surface area contributed by atoms with E-state index in [1.54, 1.807) is 6.33 Å². The topological polar surface area (TPSA) is 57.2 Å². The van der Waals surface area contributed by atoms with Crippen LogP contribution in [0.2, 0.25) is 0 Å². The quantitative estimate of drug-likeness (QED) is 0.388. The zero-order valence-electron chi connectivity index (χ0n) is 20.6. The van der Waals surface area contributed by atoms with Gasteiger partial charge in [-0.2, -0.15) is 0 Å². The van der Waals surface area contributed by atoms with Crippen molar-refractivity contribution in [2.24, 2.45) is 0 Å². The van der Waals surface area contributed by atoms with Gasteiger partial charge in [-0.25, -0.2) is 15.0 Å². The van der Waals surface area contributed by atoms with E-state index < -0.39 is 0 Å². The Morgan fingerprint density at radius 1 is 1.00 bits per heavy atom. The normalized spacial score (nSPS) is 10.7. The second-order valence-corrected chi connectivity index (χ2v) is 8.30. The van der Waals surface area contributed by atoms with Crippen molar-refractivity contribution in [1.29, 1.82) is 0 Å². The lowest BCUT2D eigenvalue weighted by Crippen LogP contribution is -2.31. The largest absolute Gasteiger partial charge is 0.372 e. The summed E-state index contributed by atoms with van der Waals surface area (Å²) in [6.07, 6.45) is 4.46. The molecule has 0 bridgehead atoms. The van der Waals surface area contributed by atoms with Gasteiger partial charge < -0.3 is 15.1 Å². The lowest BCUT2D eigenvalue weighted by atomic mass is 10.1. The molecule has 2 heterocycles. The standard InChI is InChI=1S/C27H36N6/c1-7-15-32(6)25-14-13-24(22-12-10-11-20(4)17-22)31-27(25)33(16-8-2)21(5)30-26-18-23(9-3)28-19-29-26/h10-14,17-19H,5,7-9,15-16H2,1-4,6H3,(H,28,29,30). The van der Waals surface area contributed by atoms with Gasteiger partial charge in [0.05, 0.1) is 11.4 Å². The number of aromatic nitrogens is 3. The average Bonchev–Trinajstić information content (AvgIpc) is 2.82. The minimum atomic E-state index is 0.742. The molecule has 0 fully saturated rings. The molecule has 2 aromatic heterocycles. The molecule has 0 aliphatic heterocycles. The zero-order valence-corrected chi connectivity index (χ0v) is 20.6. The Morgan fingerprint density at radius 3 is 2.48 bits per heavy atom. The first kappa shape index (κ1) is 24.2. The lowest BCUT2D eigenvalue weighted by molar-refractivity contribution is 0.816. The fraction of sp³-hybridized carbons (Fsp3) is 0.370. The molecule has 174 valence electrons. The third kappa shape index (κ3) is 6.09. The third-order valence-electron chi connectivity index (χ3n) is 5.53. The van der Waals surface area contributed by atoms with E-state index in [9.17, 15) is 0 Å². The summed E-state index contributed by atoms with van der Waals surface area (Å²) in [6, 6.07) is 14.7. The second kappa shape index (κ2) is 11.5. The summed E-state index contributed by atoms with van der Waals surface area (Å²) in [5.74, 6) is 2.39. The van der Waals surface area contributed by atoms with E-state index in [0.717, 1.165) is 72.4 Å². The summed E-state index contributed by atoms with van der Waals surface area (Å²) >= 11 is 0. The van der Waals surface area contributed by atoms with Crippen LogP contribution in [0.1, 0.15) is 44.9 Å². The van der Waals surface area contributed by atoms with Gasteiger partial charge in [-0.15, -0.1) is 0 Å². The molecular weight excluding hydrogens is 408 g/mol. The van der Waals surface area contributed by atoms with Crippen LogP contribution in [-0.4, -0.2) is 35.1 Å². The zero-order chi connectivity index (χ0) is 23.8. The van der Waals surface area contributed by atoms with E-state index in [2.05, 4.69) is 103 Å². The summed E-state index contributed by atoms with van der Waals surface area (Å²) in [4.78, 5) is 18.3. The van der Waals surface area contributed by atoms with E-state index >= 15 is 0 Å². The number of nitrogens with one attached hydrogen (secondary N) is 1. The maximum absolute atomic E-state index is 5.15. The SMILES string of the molecule is C=C(Nc1cc(CC)ncn1)N(CCC)c1nc(-c2cccc(C)c2)ccc1N(C)CCC. The fourth-order valence-electron chi connectivity index (χ4n) is 3.83. The highest BCUT2D eigenvalue weighted by atomic mass is 15.3. The molecule has 33 heavy (non-hydrogen) atoms. The summed E-state index contributed by atoms with van der Waals surface area (Å²) in [6.45, 7) is 14.6. The predicted molar refractivity (Wildman–Crippen MR) is 140 cm³/mol. The highest BCUT2D eigenvalue weighted by Gasteiger charge is 2.20. The Bertz CT molecular complexity index is 1080. The van der Waals surface area contributed by atoms with Gasteiger partial charge in [0.2, 0.25) is 0 Å². The highest BCUT2D eigenvalue weighted by molar-refractivity contribution is 5.75. The molecule has 6 nitrogen and oxygen atoms in total. The third-order valence-corrected chi connectivity index (χ3v) is 5.53. The van der Waals surface area contributed by atoms with Crippen LogP contribution in [0.5, 0.6) is 0 Å². The molecule has 0 spiro atoms. The fourth-order valence-corrected chi connectivity index (χ4v) is 3.83. The Kier molecular flexibility index (Phi) is 8.41. The Balaban J connectivity index is 2.04. The minimum Gasteiger partial charge on any atom is -0.372 e. The van der Waals surface area contributed by atoms with Crippen LogP contribution in [0.4, 0.5) is 17.3 Å². The van der Waals surface area contributed by atoms with Crippen LogP contribution in [0.3, 0.4) is 0 Å². The molecule has 0 saturated heterocycles. The Labute approximate surface area is 198 Å². The molecule has 0 amide bonds. The maximum atomic E-state index is 5.15. The molecule has 3 rings (SSSR count). The first-order valence-electron chi connectivity index (χ1n) is 11.8. The van der Waals surface area contributed by atoms with E-state index in [1.165, 1.54) is 5.56 Å². The molecule has 0 radical (unpaired) electrons. The van der Waals surface area contributed by atoms with Crippen molar-refractivity contribution in [1.82, 2.24) is 15.0 Å². The Morgan fingerprint density at radius 2 is 1.79 bits per heavy atom. The first-order valence-corrected chi connectivity index (χ1v) is 11.8. The van der Waals surface area contributed by atoms with E-state index in [1.807, 2.05) is 6.07 Å². The summed E-state index contributed by atoms with van der Waals surface area (Å²) in [5.41, 5.74) is 5.35. The van der Waals surface area contributed by atoms with Gasteiger partial charge in [0, 0.05) is 37.5 Å². The van der Waals surface area contributed by atoms with Crippen LogP contribution < -0.4 is 15.1 Å². The summed E-state index contributed by atoms with van der Waals surface area (Å²) in [7, 11) is 2.12. The van der Waals surface area contributed by atoms with Gasteiger partial charge in [0.25, 0.3) is 0 Å². The molecule has 0 atom stereocenters. The van der Waals surface area contributed by atoms with Crippen LogP contribution >= 0.6 is 0 Å². The van der Waals surface area contributed by atoms with Crippen molar-refractivity contribution < 1.29 is 0 Å². The van der Waals surface area contributed by atoms with E-state index in [0.29, 0.717) is 0 Å². The number of pyridine rings is 1. The molecule has 0 aliphatic rings. The van der Waals surface area contributed by atoms with Crippen LogP contribution in [-0.2, 0) is 6.42 Å². The van der Waals surface area contributed by atoms with Crippen molar-refractivity contribution in [3.8, 4) is 11.3 Å². The summed E-state index contributed by atoms with van der Waals surface area (Å²) in [5, 5.41) is 3.39. The van der Waals surface area contributed by atoms with Gasteiger partial charge in [-0.1, -0.05) is 51.1 Å². The lowest BCUT2D eigenvalue weighted by Gasteiger charge is -2.31. The van der Waals surface area contributed by atoms with E-state index in [-0.39, 0.29) is 0 Å². The molecule has 6 heteroatoms. The predicted octanol–water partition coefficient (Wildman–Crippen LogP) is 6.06. The van der Waals surface area contributed by atoms with Gasteiger partial charge in [-0.05, 0) is 44.4 Å². The number of benzene rings is 1. The molecule has 1 N–H and O–H groups in total. The number of aryl methyl sites for hydroxylation is 2. The number of hydrogen-bond acceptors (Lipinski definition) is 6. The van der Waals surface area contributed by atoms with Crippen LogP contribution in [0.25, 0.3) is 11.3 Å². The van der Waals surface area contributed by atoms with Crippen molar-refractivity contribution in [3.05, 3.63) is 72.4 Å². The average molecular weight is 445 g/mol. The van der Waals surface area contributed by atoms with Gasteiger partial charge in [0.1, 0.15) is 18.0 Å². The second-order valence-electron chi connectivity index (χ2n) is 8.30. The van der Waals surface area contributed by atoms with Gasteiger partial charge in [0.15, 0.2) is 5.82 Å². The minimum absolute atomic E-state index is 0.742. The Hall–Kier alpha value is -3.41. The number of hydrogen-bond donors (Lipinski definition) is 1. The van der Waals surface area contributed by atoms with Gasteiger partial charge >= 0.3 is 0 Å².